The Balaban J connectivity index is 2.49. The molecular formula is C20H24BrNO4S. The number of alkyl halides is 1. The average molecular weight is 454 g/mol. The zero-order chi connectivity index (χ0) is 20.2. The Kier molecular flexibility index (Phi) is 6.70. The quantitative estimate of drug-likeness (QED) is 0.596. The first kappa shape index (κ1) is 21.4. The van der Waals surface area contributed by atoms with Crippen molar-refractivity contribution in [2.24, 2.45) is 0 Å². The molecule has 0 saturated carbocycles. The van der Waals surface area contributed by atoms with Crippen LogP contribution in [0.25, 0.3) is 0 Å². The molecule has 2 rings (SSSR count). The standard InChI is InChI=1S/C20H24BrNO4S/c1-15-9-11-18(12-10-15)27(24,25)22(19(23)26-20(2,3)4)14-17-8-6-5-7-16(17)13-21/h5-12H,13-14H2,1-4H3. The summed E-state index contributed by atoms with van der Waals surface area (Å²) < 4.78 is 32.5. The Morgan fingerprint density at radius 3 is 2.11 bits per heavy atom. The third kappa shape index (κ3) is 5.56. The lowest BCUT2D eigenvalue weighted by atomic mass is 10.1. The summed E-state index contributed by atoms with van der Waals surface area (Å²) >= 11 is 3.40. The molecule has 2 aromatic rings. The van der Waals surface area contributed by atoms with Crippen LogP contribution in [0.15, 0.2) is 53.4 Å². The fourth-order valence-corrected chi connectivity index (χ4v) is 4.22. The Hall–Kier alpha value is -1.86. The van der Waals surface area contributed by atoms with Crippen molar-refractivity contribution < 1.29 is 17.9 Å². The van der Waals surface area contributed by atoms with E-state index in [9.17, 15) is 13.2 Å². The molecular weight excluding hydrogens is 430 g/mol. The van der Waals surface area contributed by atoms with Gasteiger partial charge in [0, 0.05) is 5.33 Å². The van der Waals surface area contributed by atoms with E-state index in [4.69, 9.17) is 4.74 Å². The van der Waals surface area contributed by atoms with Gasteiger partial charge in [0.25, 0.3) is 10.0 Å². The van der Waals surface area contributed by atoms with Crippen LogP contribution in [-0.4, -0.2) is 24.4 Å². The van der Waals surface area contributed by atoms with Gasteiger partial charge in [0.05, 0.1) is 11.4 Å². The van der Waals surface area contributed by atoms with E-state index in [-0.39, 0.29) is 11.4 Å². The van der Waals surface area contributed by atoms with Crippen LogP contribution < -0.4 is 0 Å². The third-order valence-electron chi connectivity index (χ3n) is 3.78. The Morgan fingerprint density at radius 2 is 1.59 bits per heavy atom. The maximum atomic E-state index is 13.2. The molecule has 0 N–H and O–H groups in total. The number of aryl methyl sites for hydroxylation is 1. The highest BCUT2D eigenvalue weighted by molar-refractivity contribution is 9.08. The summed E-state index contributed by atoms with van der Waals surface area (Å²) in [6.07, 6.45) is -0.896. The van der Waals surface area contributed by atoms with Crippen LogP contribution in [0.2, 0.25) is 0 Å². The minimum absolute atomic E-state index is 0.0512. The largest absolute Gasteiger partial charge is 0.443 e. The molecule has 0 aliphatic rings. The van der Waals surface area contributed by atoms with Gasteiger partial charge in [-0.05, 0) is 51.0 Å². The number of hydrogen-bond donors (Lipinski definition) is 0. The molecule has 0 heterocycles. The molecule has 0 atom stereocenters. The van der Waals surface area contributed by atoms with Gasteiger partial charge in [-0.2, -0.15) is 4.31 Å². The maximum absolute atomic E-state index is 13.2. The lowest BCUT2D eigenvalue weighted by Crippen LogP contribution is -2.40. The number of carbonyl (C=O) groups excluding carboxylic acids is 1. The van der Waals surface area contributed by atoms with E-state index in [1.165, 1.54) is 12.1 Å². The minimum Gasteiger partial charge on any atom is -0.443 e. The van der Waals surface area contributed by atoms with Gasteiger partial charge >= 0.3 is 6.09 Å². The summed E-state index contributed by atoms with van der Waals surface area (Å²) in [5.41, 5.74) is 1.76. The van der Waals surface area contributed by atoms with Crippen molar-refractivity contribution in [2.75, 3.05) is 0 Å². The molecule has 5 nitrogen and oxygen atoms in total. The second kappa shape index (κ2) is 8.44. The monoisotopic (exact) mass is 453 g/mol. The smallest absolute Gasteiger partial charge is 0.424 e. The highest BCUT2D eigenvalue weighted by Gasteiger charge is 2.33. The molecule has 0 aromatic heterocycles. The van der Waals surface area contributed by atoms with Crippen LogP contribution >= 0.6 is 15.9 Å². The molecule has 0 aliphatic carbocycles. The van der Waals surface area contributed by atoms with Gasteiger partial charge in [-0.15, -0.1) is 0 Å². The SMILES string of the molecule is Cc1ccc(S(=O)(=O)N(Cc2ccccc2CBr)C(=O)OC(C)(C)C)cc1. The fraction of sp³-hybridized carbons (Fsp3) is 0.350. The first-order valence-electron chi connectivity index (χ1n) is 8.50. The van der Waals surface area contributed by atoms with Crippen molar-refractivity contribution in [1.82, 2.24) is 4.31 Å². The first-order chi connectivity index (χ1) is 12.5. The maximum Gasteiger partial charge on any atom is 0.424 e. The van der Waals surface area contributed by atoms with E-state index >= 15 is 0 Å². The van der Waals surface area contributed by atoms with Crippen LogP contribution in [0, 0.1) is 6.92 Å². The molecule has 1 amide bonds. The van der Waals surface area contributed by atoms with E-state index in [0.717, 1.165) is 21.0 Å². The van der Waals surface area contributed by atoms with E-state index in [2.05, 4.69) is 15.9 Å². The summed E-state index contributed by atoms with van der Waals surface area (Å²) in [5.74, 6) is 0. The van der Waals surface area contributed by atoms with Crippen molar-refractivity contribution in [1.29, 1.82) is 0 Å². The minimum atomic E-state index is -4.07. The zero-order valence-electron chi connectivity index (χ0n) is 15.9. The molecule has 146 valence electrons. The summed E-state index contributed by atoms with van der Waals surface area (Å²) in [7, 11) is -4.07. The number of benzene rings is 2. The third-order valence-corrected chi connectivity index (χ3v) is 6.11. The predicted octanol–water partition coefficient (Wildman–Crippen LogP) is 5.02. The lowest BCUT2D eigenvalue weighted by molar-refractivity contribution is 0.0381. The van der Waals surface area contributed by atoms with Crippen molar-refractivity contribution in [3.8, 4) is 0 Å². The number of hydrogen-bond acceptors (Lipinski definition) is 4. The topological polar surface area (TPSA) is 63.7 Å². The number of halogens is 1. The Morgan fingerprint density at radius 1 is 1.04 bits per heavy atom. The molecule has 0 saturated heterocycles. The molecule has 0 spiro atoms. The van der Waals surface area contributed by atoms with Gasteiger partial charge in [-0.25, -0.2) is 13.2 Å². The van der Waals surface area contributed by atoms with Crippen LogP contribution in [-0.2, 0) is 26.6 Å². The van der Waals surface area contributed by atoms with Crippen molar-refractivity contribution in [3.63, 3.8) is 0 Å². The van der Waals surface area contributed by atoms with Gasteiger partial charge in [0.1, 0.15) is 5.60 Å². The molecule has 0 aliphatic heterocycles. The van der Waals surface area contributed by atoms with Gasteiger partial charge < -0.3 is 4.74 Å². The highest BCUT2D eigenvalue weighted by atomic mass is 79.9. The molecule has 0 unspecified atom stereocenters. The normalized spacial score (nSPS) is 11.9. The Labute approximate surface area is 169 Å². The van der Waals surface area contributed by atoms with Crippen LogP contribution in [0.5, 0.6) is 0 Å². The molecule has 7 heteroatoms. The number of amides is 1. The van der Waals surface area contributed by atoms with E-state index in [0.29, 0.717) is 5.33 Å². The second-order valence-electron chi connectivity index (χ2n) is 7.21. The number of ether oxygens (including phenoxy) is 1. The van der Waals surface area contributed by atoms with Gasteiger partial charge in [0.2, 0.25) is 0 Å². The summed E-state index contributed by atoms with van der Waals surface area (Å²) in [6, 6.07) is 13.8. The highest BCUT2D eigenvalue weighted by Crippen LogP contribution is 2.24. The number of rotatable bonds is 5. The fourth-order valence-electron chi connectivity index (χ4n) is 2.39. The number of nitrogens with zero attached hydrogens (tertiary/aromatic N) is 1. The van der Waals surface area contributed by atoms with Crippen molar-refractivity contribution in [3.05, 3.63) is 65.2 Å². The zero-order valence-corrected chi connectivity index (χ0v) is 18.3. The van der Waals surface area contributed by atoms with Gasteiger partial charge in [0.15, 0.2) is 0 Å². The number of carbonyl (C=O) groups is 1. The van der Waals surface area contributed by atoms with Gasteiger partial charge in [-0.3, -0.25) is 0 Å². The summed E-state index contributed by atoms with van der Waals surface area (Å²) in [4.78, 5) is 12.8. The van der Waals surface area contributed by atoms with E-state index in [1.54, 1.807) is 39.0 Å². The molecule has 27 heavy (non-hydrogen) atoms. The Bertz CT molecular complexity index is 902. The second-order valence-corrected chi connectivity index (χ2v) is 9.63. The van der Waals surface area contributed by atoms with E-state index in [1.807, 2.05) is 25.1 Å². The lowest BCUT2D eigenvalue weighted by Gasteiger charge is -2.27. The van der Waals surface area contributed by atoms with E-state index < -0.39 is 21.7 Å². The predicted molar refractivity (Wildman–Crippen MR) is 109 cm³/mol. The summed E-state index contributed by atoms with van der Waals surface area (Å²) in [5, 5.41) is 0.551. The molecule has 0 radical (unpaired) electrons. The summed E-state index contributed by atoms with van der Waals surface area (Å²) in [6.45, 7) is 6.87. The number of sulfonamides is 1. The van der Waals surface area contributed by atoms with Crippen LogP contribution in [0.1, 0.15) is 37.5 Å². The molecule has 0 bridgehead atoms. The van der Waals surface area contributed by atoms with Crippen LogP contribution in [0.4, 0.5) is 4.79 Å². The van der Waals surface area contributed by atoms with Crippen molar-refractivity contribution in [2.45, 2.75) is 50.1 Å². The van der Waals surface area contributed by atoms with Gasteiger partial charge in [-0.1, -0.05) is 57.9 Å². The molecule has 0 fully saturated rings. The van der Waals surface area contributed by atoms with Crippen LogP contribution in [0.3, 0.4) is 0 Å². The molecule has 2 aromatic carbocycles. The van der Waals surface area contributed by atoms with Crippen molar-refractivity contribution >= 4 is 32.0 Å². The average Bonchev–Trinajstić information content (AvgIpc) is 2.58. The first-order valence-corrected chi connectivity index (χ1v) is 11.1.